The Morgan fingerprint density at radius 1 is 1.29 bits per heavy atom. The van der Waals surface area contributed by atoms with Gasteiger partial charge in [-0.1, -0.05) is 32.0 Å². The number of benzene rings is 1. The average Bonchev–Trinajstić information content (AvgIpc) is 2.34. The van der Waals surface area contributed by atoms with Crippen LogP contribution in [0.5, 0.6) is 0 Å². The molecule has 1 N–H and O–H groups in total. The van der Waals surface area contributed by atoms with E-state index < -0.39 is 0 Å². The van der Waals surface area contributed by atoms with Gasteiger partial charge in [-0.3, -0.25) is 4.79 Å². The van der Waals surface area contributed by atoms with Crippen LogP contribution in [-0.2, 0) is 22.4 Å². The Morgan fingerprint density at radius 2 is 1.82 bits per heavy atom. The smallest absolute Gasteiger partial charge is 0.219 e. The van der Waals surface area contributed by atoms with Gasteiger partial charge < -0.3 is 10.1 Å². The summed E-state index contributed by atoms with van der Waals surface area (Å²) in [6, 6.07) is 6.23. The third-order valence-corrected chi connectivity index (χ3v) is 2.88. The molecule has 0 saturated carbocycles. The summed E-state index contributed by atoms with van der Waals surface area (Å²) in [5, 5.41) is 2.83. The van der Waals surface area contributed by atoms with Gasteiger partial charge in [-0.25, -0.2) is 0 Å². The second-order valence-electron chi connectivity index (χ2n) is 4.01. The first-order valence-electron chi connectivity index (χ1n) is 6.04. The molecule has 94 valence electrons. The second-order valence-corrected chi connectivity index (χ2v) is 4.01. The van der Waals surface area contributed by atoms with Crippen molar-refractivity contribution in [3.63, 3.8) is 0 Å². The Hall–Kier alpha value is -1.35. The molecule has 0 spiro atoms. The van der Waals surface area contributed by atoms with Gasteiger partial charge in [0.05, 0.1) is 0 Å². The van der Waals surface area contributed by atoms with Gasteiger partial charge in [0.15, 0.2) is 6.23 Å². The van der Waals surface area contributed by atoms with Crippen molar-refractivity contribution >= 4 is 5.91 Å². The number of carbonyl (C=O) groups excluding carboxylic acids is 1. The molecule has 0 saturated heterocycles. The van der Waals surface area contributed by atoms with Gasteiger partial charge in [0, 0.05) is 19.6 Å². The summed E-state index contributed by atoms with van der Waals surface area (Å²) in [6.45, 7) is 5.73. The Morgan fingerprint density at radius 3 is 2.18 bits per heavy atom. The van der Waals surface area contributed by atoms with Crippen LogP contribution < -0.4 is 5.32 Å². The molecule has 0 aromatic heterocycles. The standard InChI is InChI=1S/C14H21NO2/c1-5-11-8-7-9-12(6-2)13(11)14(17-4)15-10(3)16/h7-9,14H,5-6H2,1-4H3,(H,15,16). The molecule has 1 aromatic carbocycles. The topological polar surface area (TPSA) is 38.3 Å². The Bertz CT molecular complexity index is 366. The quantitative estimate of drug-likeness (QED) is 0.797. The number of hydrogen-bond donors (Lipinski definition) is 1. The third kappa shape index (κ3) is 3.30. The molecule has 1 rings (SSSR count). The van der Waals surface area contributed by atoms with Gasteiger partial charge >= 0.3 is 0 Å². The first-order valence-corrected chi connectivity index (χ1v) is 6.04. The maximum Gasteiger partial charge on any atom is 0.219 e. The van der Waals surface area contributed by atoms with Crippen molar-refractivity contribution in [3.05, 3.63) is 34.9 Å². The van der Waals surface area contributed by atoms with E-state index in [1.165, 1.54) is 18.1 Å². The van der Waals surface area contributed by atoms with E-state index in [2.05, 4.69) is 37.4 Å². The highest BCUT2D eigenvalue weighted by Gasteiger charge is 2.17. The first kappa shape index (κ1) is 13.7. The largest absolute Gasteiger partial charge is 0.357 e. The molecule has 0 bridgehead atoms. The molecule has 0 aliphatic heterocycles. The van der Waals surface area contributed by atoms with Gasteiger partial charge in [-0.05, 0) is 24.0 Å². The van der Waals surface area contributed by atoms with Gasteiger partial charge in [-0.2, -0.15) is 0 Å². The Labute approximate surface area is 103 Å². The van der Waals surface area contributed by atoms with E-state index in [-0.39, 0.29) is 12.1 Å². The molecule has 1 unspecified atom stereocenters. The summed E-state index contributed by atoms with van der Waals surface area (Å²) in [7, 11) is 1.62. The lowest BCUT2D eigenvalue weighted by molar-refractivity contribution is -0.122. The SMILES string of the molecule is CCc1cccc(CC)c1C(NC(C)=O)OC. The fraction of sp³-hybridized carbons (Fsp3) is 0.500. The maximum atomic E-state index is 11.2. The molecule has 0 aliphatic carbocycles. The summed E-state index contributed by atoms with van der Waals surface area (Å²) < 4.78 is 5.40. The lowest BCUT2D eigenvalue weighted by Crippen LogP contribution is -2.29. The Kier molecular flexibility index (Phi) is 5.16. The molecular formula is C14H21NO2. The van der Waals surface area contributed by atoms with Gasteiger partial charge in [0.2, 0.25) is 5.91 Å². The Balaban J connectivity index is 3.18. The number of rotatable bonds is 5. The lowest BCUT2D eigenvalue weighted by atomic mass is 9.96. The third-order valence-electron chi connectivity index (χ3n) is 2.88. The zero-order valence-corrected chi connectivity index (χ0v) is 11.0. The van der Waals surface area contributed by atoms with E-state index in [1.54, 1.807) is 7.11 Å². The minimum atomic E-state index is -0.349. The molecule has 1 aromatic rings. The first-order chi connectivity index (χ1) is 8.13. The molecule has 3 heteroatoms. The highest BCUT2D eigenvalue weighted by molar-refractivity contribution is 5.73. The number of methoxy groups -OCH3 is 1. The van der Waals surface area contributed by atoms with E-state index in [9.17, 15) is 4.79 Å². The molecule has 1 amide bonds. The fourth-order valence-electron chi connectivity index (χ4n) is 2.05. The minimum absolute atomic E-state index is 0.0789. The van der Waals surface area contributed by atoms with Crippen molar-refractivity contribution in [2.24, 2.45) is 0 Å². The van der Waals surface area contributed by atoms with Crippen LogP contribution in [0.4, 0.5) is 0 Å². The van der Waals surface area contributed by atoms with Crippen molar-refractivity contribution in [1.82, 2.24) is 5.32 Å². The maximum absolute atomic E-state index is 11.2. The fourth-order valence-corrected chi connectivity index (χ4v) is 2.05. The number of nitrogens with one attached hydrogen (secondary N) is 1. The van der Waals surface area contributed by atoms with E-state index in [1.807, 2.05) is 0 Å². The second kappa shape index (κ2) is 6.40. The van der Waals surface area contributed by atoms with Crippen LogP contribution in [0.1, 0.15) is 43.7 Å². The van der Waals surface area contributed by atoms with E-state index >= 15 is 0 Å². The normalized spacial score (nSPS) is 12.2. The van der Waals surface area contributed by atoms with Crippen LogP contribution in [0, 0.1) is 0 Å². The van der Waals surface area contributed by atoms with Crippen molar-refractivity contribution < 1.29 is 9.53 Å². The van der Waals surface area contributed by atoms with Crippen molar-refractivity contribution in [3.8, 4) is 0 Å². The zero-order valence-electron chi connectivity index (χ0n) is 11.0. The summed E-state index contributed by atoms with van der Waals surface area (Å²) in [4.78, 5) is 11.2. The lowest BCUT2D eigenvalue weighted by Gasteiger charge is -2.22. The van der Waals surface area contributed by atoms with Crippen LogP contribution in [0.15, 0.2) is 18.2 Å². The van der Waals surface area contributed by atoms with E-state index in [4.69, 9.17) is 4.74 Å². The molecule has 1 atom stereocenters. The molecule has 0 radical (unpaired) electrons. The number of ether oxygens (including phenoxy) is 1. The summed E-state index contributed by atoms with van der Waals surface area (Å²) in [5.41, 5.74) is 3.56. The number of aryl methyl sites for hydroxylation is 2. The molecule has 0 fully saturated rings. The van der Waals surface area contributed by atoms with Crippen LogP contribution >= 0.6 is 0 Å². The number of carbonyl (C=O) groups is 1. The predicted molar refractivity (Wildman–Crippen MR) is 68.8 cm³/mol. The minimum Gasteiger partial charge on any atom is -0.357 e. The van der Waals surface area contributed by atoms with Gasteiger partial charge in [-0.15, -0.1) is 0 Å². The number of hydrogen-bond acceptors (Lipinski definition) is 2. The molecule has 17 heavy (non-hydrogen) atoms. The van der Waals surface area contributed by atoms with Crippen LogP contribution in [-0.4, -0.2) is 13.0 Å². The molecule has 0 aliphatic rings. The van der Waals surface area contributed by atoms with E-state index in [0.29, 0.717) is 0 Å². The molecule has 0 heterocycles. The van der Waals surface area contributed by atoms with Crippen molar-refractivity contribution in [1.29, 1.82) is 0 Å². The summed E-state index contributed by atoms with van der Waals surface area (Å²) >= 11 is 0. The summed E-state index contributed by atoms with van der Waals surface area (Å²) in [5.74, 6) is -0.0789. The number of amides is 1. The highest BCUT2D eigenvalue weighted by atomic mass is 16.5. The van der Waals surface area contributed by atoms with Crippen molar-refractivity contribution in [2.75, 3.05) is 7.11 Å². The highest BCUT2D eigenvalue weighted by Crippen LogP contribution is 2.24. The van der Waals surface area contributed by atoms with Crippen LogP contribution in [0.3, 0.4) is 0 Å². The van der Waals surface area contributed by atoms with Gasteiger partial charge in [0.25, 0.3) is 0 Å². The molecule has 3 nitrogen and oxygen atoms in total. The van der Waals surface area contributed by atoms with E-state index in [0.717, 1.165) is 18.4 Å². The van der Waals surface area contributed by atoms with Crippen LogP contribution in [0.25, 0.3) is 0 Å². The van der Waals surface area contributed by atoms with Crippen molar-refractivity contribution in [2.45, 2.75) is 39.8 Å². The average molecular weight is 235 g/mol. The predicted octanol–water partition coefficient (Wildman–Crippen LogP) is 2.59. The zero-order chi connectivity index (χ0) is 12.8. The molecular weight excluding hydrogens is 214 g/mol. The monoisotopic (exact) mass is 235 g/mol. The van der Waals surface area contributed by atoms with Crippen LogP contribution in [0.2, 0.25) is 0 Å². The summed E-state index contributed by atoms with van der Waals surface area (Å²) in [6.07, 6.45) is 1.52. The van der Waals surface area contributed by atoms with Gasteiger partial charge in [0.1, 0.15) is 0 Å².